The van der Waals surface area contributed by atoms with Gasteiger partial charge in [-0.2, -0.15) is 0 Å². The van der Waals surface area contributed by atoms with E-state index in [9.17, 15) is 5.11 Å². The zero-order chi connectivity index (χ0) is 11.3. The van der Waals surface area contributed by atoms with Crippen molar-refractivity contribution in [2.75, 3.05) is 20.2 Å². The molecule has 4 heteroatoms. The van der Waals surface area contributed by atoms with Crippen molar-refractivity contribution >= 4 is 0 Å². The molecule has 1 aromatic rings. The van der Waals surface area contributed by atoms with Gasteiger partial charge in [-0.25, -0.2) is 4.98 Å². The Morgan fingerprint density at radius 2 is 2.20 bits per heavy atom. The fraction of sp³-hybridized carbons (Fsp3) is 0.545. The summed E-state index contributed by atoms with van der Waals surface area (Å²) in [6.07, 6.45) is 0. The minimum atomic E-state index is -0.928. The van der Waals surface area contributed by atoms with Gasteiger partial charge in [0.15, 0.2) is 0 Å². The summed E-state index contributed by atoms with van der Waals surface area (Å²) >= 11 is 0. The van der Waals surface area contributed by atoms with E-state index in [2.05, 4.69) is 10.3 Å². The van der Waals surface area contributed by atoms with E-state index in [-0.39, 0.29) is 0 Å². The summed E-state index contributed by atoms with van der Waals surface area (Å²) in [5.41, 5.74) is -0.313. The molecule has 0 fully saturated rings. The van der Waals surface area contributed by atoms with Gasteiger partial charge in [0, 0.05) is 12.6 Å². The molecule has 4 nitrogen and oxygen atoms in total. The van der Waals surface area contributed by atoms with Crippen LogP contribution < -0.4 is 10.1 Å². The molecule has 1 heterocycles. The van der Waals surface area contributed by atoms with Gasteiger partial charge in [0.25, 0.3) is 0 Å². The van der Waals surface area contributed by atoms with Gasteiger partial charge in [0.1, 0.15) is 12.2 Å². The molecule has 84 valence electrons. The fourth-order valence-corrected chi connectivity index (χ4v) is 1.09. The molecule has 1 rings (SSSR count). The lowest BCUT2D eigenvalue weighted by molar-refractivity contribution is 0.0729. The molecule has 0 spiro atoms. The van der Waals surface area contributed by atoms with Gasteiger partial charge in [-0.15, -0.1) is 0 Å². The largest absolute Gasteiger partial charge is 0.476 e. The third kappa shape index (κ3) is 3.85. The summed E-state index contributed by atoms with van der Waals surface area (Å²) in [6.45, 7) is 4.74. The third-order valence-electron chi connectivity index (χ3n) is 1.95. The topological polar surface area (TPSA) is 54.4 Å². The van der Waals surface area contributed by atoms with Gasteiger partial charge in [-0.3, -0.25) is 0 Å². The summed E-state index contributed by atoms with van der Waals surface area (Å²) < 4.78 is 5.40. The number of likely N-dealkylation sites (N-methyl/N-ethyl adjacent to an activating group) is 1. The van der Waals surface area contributed by atoms with Crippen LogP contribution in [0.3, 0.4) is 0 Å². The standard InChI is InChI=1S/C11H18N2O2/c1-11(2,14)9-5-4-6-10(13-9)15-8-7-12-3/h4-6,12,14H,7-8H2,1-3H3. The number of ether oxygens (including phenoxy) is 1. The summed E-state index contributed by atoms with van der Waals surface area (Å²) in [6, 6.07) is 5.39. The number of pyridine rings is 1. The van der Waals surface area contributed by atoms with Crippen LogP contribution >= 0.6 is 0 Å². The summed E-state index contributed by atoms with van der Waals surface area (Å²) in [5, 5.41) is 12.7. The molecule has 0 saturated heterocycles. The fourth-order valence-electron chi connectivity index (χ4n) is 1.09. The van der Waals surface area contributed by atoms with Crippen molar-refractivity contribution in [3.63, 3.8) is 0 Å². The second-order valence-corrected chi connectivity index (χ2v) is 3.87. The van der Waals surface area contributed by atoms with E-state index >= 15 is 0 Å². The molecule has 0 radical (unpaired) electrons. The van der Waals surface area contributed by atoms with Gasteiger partial charge in [0.2, 0.25) is 5.88 Å². The lowest BCUT2D eigenvalue weighted by atomic mass is 10.1. The van der Waals surface area contributed by atoms with Gasteiger partial charge in [-0.1, -0.05) is 6.07 Å². The van der Waals surface area contributed by atoms with Crippen molar-refractivity contribution in [1.29, 1.82) is 0 Å². The van der Waals surface area contributed by atoms with E-state index in [1.807, 2.05) is 13.1 Å². The van der Waals surface area contributed by atoms with Crippen LogP contribution in [0.15, 0.2) is 18.2 Å². The highest BCUT2D eigenvalue weighted by molar-refractivity contribution is 5.19. The van der Waals surface area contributed by atoms with E-state index in [0.29, 0.717) is 18.2 Å². The van der Waals surface area contributed by atoms with Crippen molar-refractivity contribution < 1.29 is 9.84 Å². The number of hydrogen-bond donors (Lipinski definition) is 2. The van der Waals surface area contributed by atoms with Crippen LogP contribution in [0.1, 0.15) is 19.5 Å². The van der Waals surface area contributed by atoms with Gasteiger partial charge in [-0.05, 0) is 27.0 Å². The second-order valence-electron chi connectivity index (χ2n) is 3.87. The van der Waals surface area contributed by atoms with Crippen molar-refractivity contribution in [2.24, 2.45) is 0 Å². The Hall–Kier alpha value is -1.13. The number of hydrogen-bond acceptors (Lipinski definition) is 4. The van der Waals surface area contributed by atoms with Crippen LogP contribution in [-0.4, -0.2) is 30.3 Å². The van der Waals surface area contributed by atoms with Crippen LogP contribution in [0.25, 0.3) is 0 Å². The third-order valence-corrected chi connectivity index (χ3v) is 1.95. The number of rotatable bonds is 5. The normalized spacial score (nSPS) is 11.5. The Morgan fingerprint density at radius 3 is 2.80 bits per heavy atom. The van der Waals surface area contributed by atoms with Crippen LogP contribution in [0.5, 0.6) is 5.88 Å². The molecule has 0 aliphatic heterocycles. The van der Waals surface area contributed by atoms with E-state index in [0.717, 1.165) is 6.54 Å². The maximum Gasteiger partial charge on any atom is 0.213 e. The average Bonchev–Trinajstić information content (AvgIpc) is 2.17. The van der Waals surface area contributed by atoms with Crippen molar-refractivity contribution in [3.05, 3.63) is 23.9 Å². The van der Waals surface area contributed by atoms with E-state index in [1.165, 1.54) is 0 Å². The highest BCUT2D eigenvalue weighted by atomic mass is 16.5. The first-order chi connectivity index (χ1) is 7.04. The Labute approximate surface area is 90.3 Å². The Morgan fingerprint density at radius 1 is 1.47 bits per heavy atom. The predicted molar refractivity (Wildman–Crippen MR) is 58.9 cm³/mol. The first-order valence-corrected chi connectivity index (χ1v) is 5.01. The highest BCUT2D eigenvalue weighted by Crippen LogP contribution is 2.19. The molecule has 0 aliphatic carbocycles. The molecular formula is C11H18N2O2. The van der Waals surface area contributed by atoms with Crippen LogP contribution in [-0.2, 0) is 5.60 Å². The van der Waals surface area contributed by atoms with E-state index in [4.69, 9.17) is 4.74 Å². The van der Waals surface area contributed by atoms with Crippen LogP contribution in [0.4, 0.5) is 0 Å². The first-order valence-electron chi connectivity index (χ1n) is 5.01. The smallest absolute Gasteiger partial charge is 0.213 e. The maximum absolute atomic E-state index is 9.75. The maximum atomic E-state index is 9.75. The van der Waals surface area contributed by atoms with E-state index in [1.54, 1.807) is 26.0 Å². The molecule has 0 atom stereocenters. The number of nitrogens with one attached hydrogen (secondary N) is 1. The van der Waals surface area contributed by atoms with Crippen molar-refractivity contribution in [1.82, 2.24) is 10.3 Å². The molecule has 0 aromatic carbocycles. The Balaban J connectivity index is 2.66. The Bertz CT molecular complexity index is 308. The quantitative estimate of drug-likeness (QED) is 0.709. The van der Waals surface area contributed by atoms with Gasteiger partial charge >= 0.3 is 0 Å². The average molecular weight is 210 g/mol. The number of aliphatic hydroxyl groups is 1. The summed E-state index contributed by atoms with van der Waals surface area (Å²) in [5.74, 6) is 0.546. The number of nitrogens with zero attached hydrogens (tertiary/aromatic N) is 1. The molecule has 1 aromatic heterocycles. The minimum absolute atomic E-state index is 0.546. The zero-order valence-electron chi connectivity index (χ0n) is 9.45. The monoisotopic (exact) mass is 210 g/mol. The molecule has 0 aliphatic rings. The van der Waals surface area contributed by atoms with Crippen molar-refractivity contribution in [2.45, 2.75) is 19.4 Å². The Kier molecular flexibility index (Phi) is 4.05. The predicted octanol–water partition coefficient (Wildman–Crippen LogP) is 0.907. The highest BCUT2D eigenvalue weighted by Gasteiger charge is 2.17. The minimum Gasteiger partial charge on any atom is -0.476 e. The molecule has 0 saturated carbocycles. The van der Waals surface area contributed by atoms with Crippen LogP contribution in [0.2, 0.25) is 0 Å². The molecule has 15 heavy (non-hydrogen) atoms. The molecular weight excluding hydrogens is 192 g/mol. The SMILES string of the molecule is CNCCOc1cccc(C(C)(C)O)n1. The van der Waals surface area contributed by atoms with Crippen molar-refractivity contribution in [3.8, 4) is 5.88 Å². The lowest BCUT2D eigenvalue weighted by Gasteiger charge is -2.17. The van der Waals surface area contributed by atoms with Gasteiger partial charge < -0.3 is 15.2 Å². The second kappa shape index (κ2) is 5.09. The summed E-state index contributed by atoms with van der Waals surface area (Å²) in [4.78, 5) is 4.22. The molecule has 0 amide bonds. The number of aromatic nitrogens is 1. The van der Waals surface area contributed by atoms with E-state index < -0.39 is 5.60 Å². The molecule has 0 bridgehead atoms. The summed E-state index contributed by atoms with van der Waals surface area (Å²) in [7, 11) is 1.87. The first kappa shape index (κ1) is 11.9. The van der Waals surface area contributed by atoms with Crippen LogP contribution in [0, 0.1) is 0 Å². The molecule has 0 unspecified atom stereocenters. The zero-order valence-corrected chi connectivity index (χ0v) is 9.45. The van der Waals surface area contributed by atoms with Gasteiger partial charge in [0.05, 0.1) is 5.69 Å². The lowest BCUT2D eigenvalue weighted by Crippen LogP contribution is -2.19. The molecule has 2 N–H and O–H groups in total.